The van der Waals surface area contributed by atoms with Crippen LogP contribution in [0.4, 0.5) is 0 Å². The number of nitrogens with two attached hydrogens (primary N) is 1. The summed E-state index contributed by atoms with van der Waals surface area (Å²) >= 11 is 0. The molecule has 3 N–H and O–H groups in total. The number of guanidine groups is 1. The van der Waals surface area contributed by atoms with Gasteiger partial charge < -0.3 is 20.5 Å². The Morgan fingerprint density at radius 3 is 2.52 bits per heavy atom. The first kappa shape index (κ1) is 22.0. The van der Waals surface area contributed by atoms with E-state index in [9.17, 15) is 0 Å². The fourth-order valence-corrected chi connectivity index (χ4v) is 1.93. The van der Waals surface area contributed by atoms with Gasteiger partial charge >= 0.3 is 0 Å². The number of nitrogens with zero attached hydrogens (tertiary/aromatic N) is 1. The van der Waals surface area contributed by atoms with Gasteiger partial charge in [-0.2, -0.15) is 0 Å². The number of aliphatic imine (C=N–C) groups is 1. The topological polar surface area (TPSA) is 68.9 Å². The highest BCUT2D eigenvalue weighted by atomic mass is 127. The molecule has 132 valence electrons. The number of hydrogen-bond acceptors (Lipinski definition) is 3. The van der Waals surface area contributed by atoms with Crippen LogP contribution in [0.15, 0.2) is 29.3 Å². The number of methoxy groups -OCH3 is 1. The minimum absolute atomic E-state index is 0. The van der Waals surface area contributed by atoms with E-state index in [1.807, 2.05) is 24.3 Å². The maximum absolute atomic E-state index is 5.85. The molecule has 1 aromatic rings. The second-order valence-corrected chi connectivity index (χ2v) is 5.17. The van der Waals surface area contributed by atoms with Crippen LogP contribution in [0, 0.1) is 0 Å². The van der Waals surface area contributed by atoms with Crippen molar-refractivity contribution in [1.29, 1.82) is 0 Å². The molecule has 0 unspecified atom stereocenters. The van der Waals surface area contributed by atoms with E-state index in [2.05, 4.69) is 17.2 Å². The summed E-state index contributed by atoms with van der Waals surface area (Å²) in [6, 6.07) is 7.88. The molecule has 0 saturated heterocycles. The van der Waals surface area contributed by atoms with Crippen molar-refractivity contribution in [3.63, 3.8) is 0 Å². The fourth-order valence-electron chi connectivity index (χ4n) is 1.93. The Balaban J connectivity index is 0.00000484. The summed E-state index contributed by atoms with van der Waals surface area (Å²) in [5.74, 6) is 1.35. The molecule has 0 amide bonds. The molecule has 0 saturated carbocycles. The van der Waals surface area contributed by atoms with E-state index in [-0.39, 0.29) is 24.0 Å². The van der Waals surface area contributed by atoms with E-state index in [1.54, 1.807) is 7.11 Å². The lowest BCUT2D eigenvalue weighted by Gasteiger charge is -2.07. The van der Waals surface area contributed by atoms with Crippen LogP contribution >= 0.6 is 24.0 Å². The number of hydrogen-bond donors (Lipinski definition) is 2. The van der Waals surface area contributed by atoms with Crippen LogP contribution in [-0.4, -0.2) is 32.8 Å². The SMILES string of the molecule is CCCCCCNC(N)=NCc1ccc(OCCOC)cc1.I. The van der Waals surface area contributed by atoms with Gasteiger partial charge in [-0.25, -0.2) is 4.99 Å². The summed E-state index contributed by atoms with van der Waals surface area (Å²) in [7, 11) is 1.66. The largest absolute Gasteiger partial charge is 0.491 e. The summed E-state index contributed by atoms with van der Waals surface area (Å²) in [5, 5.41) is 3.15. The number of ether oxygens (including phenoxy) is 2. The quantitative estimate of drug-likeness (QED) is 0.242. The van der Waals surface area contributed by atoms with Gasteiger partial charge in [-0.05, 0) is 24.1 Å². The molecule has 0 radical (unpaired) electrons. The third kappa shape index (κ3) is 11.2. The number of benzene rings is 1. The molecule has 0 aliphatic heterocycles. The van der Waals surface area contributed by atoms with Crippen molar-refractivity contribution in [3.8, 4) is 5.75 Å². The molecule has 0 bridgehead atoms. The fraction of sp³-hybridized carbons (Fsp3) is 0.588. The molecule has 6 heteroatoms. The Kier molecular flexibility index (Phi) is 13.9. The molecule has 1 aromatic carbocycles. The highest BCUT2D eigenvalue weighted by Gasteiger charge is 1.96. The van der Waals surface area contributed by atoms with Crippen molar-refractivity contribution in [2.45, 2.75) is 39.2 Å². The summed E-state index contributed by atoms with van der Waals surface area (Å²) in [5.41, 5.74) is 6.95. The van der Waals surface area contributed by atoms with Crippen LogP contribution in [0.5, 0.6) is 5.75 Å². The first-order valence-corrected chi connectivity index (χ1v) is 8.00. The second-order valence-electron chi connectivity index (χ2n) is 5.17. The van der Waals surface area contributed by atoms with Gasteiger partial charge in [-0.15, -0.1) is 24.0 Å². The number of nitrogens with one attached hydrogen (secondary N) is 1. The third-order valence-corrected chi connectivity index (χ3v) is 3.25. The van der Waals surface area contributed by atoms with E-state index < -0.39 is 0 Å². The molecule has 0 aromatic heterocycles. The van der Waals surface area contributed by atoms with E-state index in [0.717, 1.165) is 24.3 Å². The number of halogens is 1. The normalized spacial score (nSPS) is 11.0. The van der Waals surface area contributed by atoms with Gasteiger partial charge in [0.1, 0.15) is 12.4 Å². The highest BCUT2D eigenvalue weighted by Crippen LogP contribution is 2.12. The monoisotopic (exact) mass is 435 g/mol. The smallest absolute Gasteiger partial charge is 0.188 e. The van der Waals surface area contributed by atoms with Crippen LogP contribution in [0.3, 0.4) is 0 Å². The average molecular weight is 435 g/mol. The van der Waals surface area contributed by atoms with Gasteiger partial charge in [-0.1, -0.05) is 38.3 Å². The molecule has 5 nitrogen and oxygen atoms in total. The minimum Gasteiger partial charge on any atom is -0.491 e. The summed E-state index contributed by atoms with van der Waals surface area (Å²) in [4.78, 5) is 4.34. The Morgan fingerprint density at radius 2 is 1.87 bits per heavy atom. The van der Waals surface area contributed by atoms with Gasteiger partial charge in [0.25, 0.3) is 0 Å². The maximum Gasteiger partial charge on any atom is 0.188 e. The first-order chi connectivity index (χ1) is 10.8. The van der Waals surface area contributed by atoms with Gasteiger partial charge in [0.2, 0.25) is 0 Å². The number of unbranched alkanes of at least 4 members (excludes halogenated alkanes) is 3. The molecule has 0 fully saturated rings. The lowest BCUT2D eigenvalue weighted by atomic mass is 10.2. The van der Waals surface area contributed by atoms with E-state index >= 15 is 0 Å². The molecule has 0 aliphatic rings. The maximum atomic E-state index is 5.85. The van der Waals surface area contributed by atoms with Crippen molar-refractivity contribution in [2.24, 2.45) is 10.7 Å². The molecule has 0 aliphatic carbocycles. The van der Waals surface area contributed by atoms with Crippen LogP contribution < -0.4 is 15.8 Å². The second kappa shape index (κ2) is 14.6. The molecule has 0 atom stereocenters. The van der Waals surface area contributed by atoms with Crippen molar-refractivity contribution in [2.75, 3.05) is 26.9 Å². The summed E-state index contributed by atoms with van der Waals surface area (Å²) in [6.45, 7) is 4.82. The Bertz CT molecular complexity index is 424. The van der Waals surface area contributed by atoms with Gasteiger partial charge in [0.15, 0.2) is 5.96 Å². The van der Waals surface area contributed by atoms with E-state index in [4.69, 9.17) is 15.2 Å². The molecular formula is C17H30IN3O2. The van der Waals surface area contributed by atoms with E-state index in [1.165, 1.54) is 19.3 Å². The Morgan fingerprint density at radius 1 is 1.13 bits per heavy atom. The predicted octanol–water partition coefficient (Wildman–Crippen LogP) is 3.31. The van der Waals surface area contributed by atoms with Crippen molar-refractivity contribution < 1.29 is 9.47 Å². The van der Waals surface area contributed by atoms with Crippen molar-refractivity contribution in [1.82, 2.24) is 5.32 Å². The van der Waals surface area contributed by atoms with E-state index in [0.29, 0.717) is 25.7 Å². The van der Waals surface area contributed by atoms with Crippen LogP contribution in [0.2, 0.25) is 0 Å². The third-order valence-electron chi connectivity index (χ3n) is 3.25. The molecule has 0 heterocycles. The summed E-state index contributed by atoms with van der Waals surface area (Å²) < 4.78 is 10.5. The average Bonchev–Trinajstić information content (AvgIpc) is 2.54. The first-order valence-electron chi connectivity index (χ1n) is 8.00. The Hall–Kier alpha value is -1.02. The summed E-state index contributed by atoms with van der Waals surface area (Å²) in [6.07, 6.45) is 4.89. The molecular weight excluding hydrogens is 405 g/mol. The van der Waals surface area contributed by atoms with Gasteiger partial charge in [-0.3, -0.25) is 0 Å². The molecule has 1 rings (SSSR count). The molecule has 0 spiro atoms. The zero-order chi connectivity index (χ0) is 16.0. The van der Waals surface area contributed by atoms with Crippen LogP contribution in [-0.2, 0) is 11.3 Å². The van der Waals surface area contributed by atoms with Crippen LogP contribution in [0.25, 0.3) is 0 Å². The lowest BCUT2D eigenvalue weighted by Crippen LogP contribution is -2.32. The van der Waals surface area contributed by atoms with Crippen molar-refractivity contribution in [3.05, 3.63) is 29.8 Å². The zero-order valence-corrected chi connectivity index (χ0v) is 16.5. The Labute approximate surface area is 157 Å². The van der Waals surface area contributed by atoms with Gasteiger partial charge in [0.05, 0.1) is 13.2 Å². The lowest BCUT2D eigenvalue weighted by molar-refractivity contribution is 0.146. The highest BCUT2D eigenvalue weighted by molar-refractivity contribution is 14.0. The zero-order valence-electron chi connectivity index (χ0n) is 14.2. The number of rotatable bonds is 11. The van der Waals surface area contributed by atoms with Crippen molar-refractivity contribution >= 4 is 29.9 Å². The predicted molar refractivity (Wildman–Crippen MR) is 107 cm³/mol. The van der Waals surface area contributed by atoms with Gasteiger partial charge in [0, 0.05) is 13.7 Å². The standard InChI is InChI=1S/C17H29N3O2.HI/c1-3-4-5-6-11-19-17(18)20-14-15-7-9-16(10-8-15)22-13-12-21-2;/h7-10H,3-6,11-14H2,1-2H3,(H3,18,19,20);1H. The minimum atomic E-state index is 0. The van der Waals surface area contributed by atoms with Crippen LogP contribution in [0.1, 0.15) is 38.2 Å². The molecule has 23 heavy (non-hydrogen) atoms.